The van der Waals surface area contributed by atoms with Gasteiger partial charge in [0.15, 0.2) is 0 Å². The van der Waals surface area contributed by atoms with Gasteiger partial charge in [0.25, 0.3) is 0 Å². The average Bonchev–Trinajstić information content (AvgIpc) is 2.49. The van der Waals surface area contributed by atoms with Crippen molar-refractivity contribution in [2.24, 2.45) is 0 Å². The Hall–Kier alpha value is -1.94. The Balaban J connectivity index is 2.33. The lowest BCUT2D eigenvalue weighted by molar-refractivity contribution is 0.339. The molecule has 4 nitrogen and oxygen atoms in total. The van der Waals surface area contributed by atoms with Crippen LogP contribution in [0.2, 0.25) is 0 Å². The summed E-state index contributed by atoms with van der Waals surface area (Å²) in [7, 11) is 0. The summed E-state index contributed by atoms with van der Waals surface area (Å²) in [5.74, 6) is 1.68. The first-order chi connectivity index (χ1) is 10.2. The first-order valence-electron chi connectivity index (χ1n) is 7.50. The molecule has 1 unspecified atom stereocenters. The van der Waals surface area contributed by atoms with Crippen molar-refractivity contribution >= 4 is 0 Å². The van der Waals surface area contributed by atoms with E-state index in [0.717, 1.165) is 35.8 Å². The molecule has 1 atom stereocenters. The van der Waals surface area contributed by atoms with Gasteiger partial charge >= 0.3 is 0 Å². The van der Waals surface area contributed by atoms with Crippen molar-refractivity contribution in [3.8, 4) is 5.75 Å². The van der Waals surface area contributed by atoms with Gasteiger partial charge in [-0.3, -0.25) is 0 Å². The second kappa shape index (κ2) is 7.74. The van der Waals surface area contributed by atoms with Crippen LogP contribution in [0.1, 0.15) is 43.4 Å². The van der Waals surface area contributed by atoms with Crippen LogP contribution >= 0.6 is 0 Å². The van der Waals surface area contributed by atoms with Crippen molar-refractivity contribution in [1.29, 1.82) is 0 Å². The van der Waals surface area contributed by atoms with Crippen molar-refractivity contribution < 1.29 is 4.74 Å². The molecule has 0 bridgehead atoms. The lowest BCUT2D eigenvalue weighted by Crippen LogP contribution is -2.24. The normalized spacial score (nSPS) is 12.1. The van der Waals surface area contributed by atoms with Crippen LogP contribution < -0.4 is 10.1 Å². The highest BCUT2D eigenvalue weighted by atomic mass is 16.5. The van der Waals surface area contributed by atoms with Crippen molar-refractivity contribution in [1.82, 2.24) is 15.3 Å². The first-order valence-corrected chi connectivity index (χ1v) is 7.50. The number of ether oxygens (including phenoxy) is 1. The highest BCUT2D eigenvalue weighted by molar-refractivity contribution is 5.34. The number of hydrogen-bond donors (Lipinski definition) is 1. The zero-order valence-electron chi connectivity index (χ0n) is 13.0. The summed E-state index contributed by atoms with van der Waals surface area (Å²) in [6.07, 6.45) is 2.89. The number of rotatable bonds is 7. The Bertz CT molecular complexity index is 571. The van der Waals surface area contributed by atoms with E-state index in [1.54, 1.807) is 0 Å². The van der Waals surface area contributed by atoms with Gasteiger partial charge in [0.2, 0.25) is 0 Å². The predicted octanol–water partition coefficient (Wildman–Crippen LogP) is 3.27. The SMILES string of the molecule is CCCNC(c1cccc(OCC)c1)c1ccnc(C)n1. The number of hydrogen-bond acceptors (Lipinski definition) is 4. The van der Waals surface area contributed by atoms with Gasteiger partial charge in [-0.15, -0.1) is 0 Å². The van der Waals surface area contributed by atoms with E-state index in [2.05, 4.69) is 34.3 Å². The monoisotopic (exact) mass is 285 g/mol. The van der Waals surface area contributed by atoms with Gasteiger partial charge in [0.05, 0.1) is 18.3 Å². The quantitative estimate of drug-likeness (QED) is 0.848. The van der Waals surface area contributed by atoms with Gasteiger partial charge in [0, 0.05) is 6.20 Å². The van der Waals surface area contributed by atoms with Crippen LogP contribution in [0.15, 0.2) is 36.5 Å². The van der Waals surface area contributed by atoms with E-state index in [1.807, 2.05) is 38.2 Å². The molecule has 1 heterocycles. The molecule has 2 aromatic rings. The highest BCUT2D eigenvalue weighted by Crippen LogP contribution is 2.24. The minimum absolute atomic E-state index is 0.0621. The molecule has 0 aliphatic rings. The fourth-order valence-corrected chi connectivity index (χ4v) is 2.27. The van der Waals surface area contributed by atoms with E-state index in [-0.39, 0.29) is 6.04 Å². The molecular formula is C17H23N3O. The third-order valence-electron chi connectivity index (χ3n) is 3.19. The molecule has 0 amide bonds. The van der Waals surface area contributed by atoms with Crippen LogP contribution in [0, 0.1) is 6.92 Å². The van der Waals surface area contributed by atoms with E-state index in [1.165, 1.54) is 0 Å². The first kappa shape index (κ1) is 15.4. The lowest BCUT2D eigenvalue weighted by Gasteiger charge is -2.19. The minimum Gasteiger partial charge on any atom is -0.494 e. The average molecular weight is 285 g/mol. The second-order valence-corrected chi connectivity index (χ2v) is 4.92. The molecule has 0 spiro atoms. The van der Waals surface area contributed by atoms with Crippen molar-refractivity contribution in [3.63, 3.8) is 0 Å². The zero-order valence-corrected chi connectivity index (χ0v) is 13.0. The molecule has 0 radical (unpaired) electrons. The van der Waals surface area contributed by atoms with Crippen LogP contribution in [0.5, 0.6) is 5.75 Å². The largest absolute Gasteiger partial charge is 0.494 e. The van der Waals surface area contributed by atoms with E-state index in [0.29, 0.717) is 6.61 Å². The maximum atomic E-state index is 5.60. The Morgan fingerprint density at radius 1 is 1.24 bits per heavy atom. The highest BCUT2D eigenvalue weighted by Gasteiger charge is 2.15. The van der Waals surface area contributed by atoms with Crippen molar-refractivity contribution in [2.45, 2.75) is 33.2 Å². The van der Waals surface area contributed by atoms with Gasteiger partial charge in [-0.1, -0.05) is 19.1 Å². The van der Waals surface area contributed by atoms with Gasteiger partial charge in [-0.05, 0) is 50.6 Å². The second-order valence-electron chi connectivity index (χ2n) is 4.92. The summed E-state index contributed by atoms with van der Waals surface area (Å²) in [4.78, 5) is 8.74. The topological polar surface area (TPSA) is 47.0 Å². The summed E-state index contributed by atoms with van der Waals surface area (Å²) in [6.45, 7) is 7.67. The molecule has 1 aromatic heterocycles. The summed E-state index contributed by atoms with van der Waals surface area (Å²) < 4.78 is 5.60. The maximum Gasteiger partial charge on any atom is 0.125 e. The Morgan fingerprint density at radius 3 is 2.81 bits per heavy atom. The molecule has 0 saturated carbocycles. The van der Waals surface area contributed by atoms with E-state index in [4.69, 9.17) is 4.74 Å². The van der Waals surface area contributed by atoms with Gasteiger partial charge < -0.3 is 10.1 Å². The molecule has 1 aromatic carbocycles. The van der Waals surface area contributed by atoms with Crippen molar-refractivity contribution in [3.05, 3.63) is 53.6 Å². The van der Waals surface area contributed by atoms with Crippen LogP contribution in [0.4, 0.5) is 0 Å². The smallest absolute Gasteiger partial charge is 0.125 e. The zero-order chi connectivity index (χ0) is 15.1. The van der Waals surface area contributed by atoms with Crippen LogP contribution in [-0.4, -0.2) is 23.1 Å². The number of aryl methyl sites for hydroxylation is 1. The standard InChI is InChI=1S/C17H23N3O/c1-4-10-19-17(16-9-11-18-13(3)20-16)14-7-6-8-15(12-14)21-5-2/h6-9,11-12,17,19H,4-5,10H2,1-3H3. The predicted molar refractivity (Wildman–Crippen MR) is 84.5 cm³/mol. The van der Waals surface area contributed by atoms with Crippen LogP contribution in [0.25, 0.3) is 0 Å². The molecule has 0 fully saturated rings. The molecule has 1 N–H and O–H groups in total. The van der Waals surface area contributed by atoms with Crippen LogP contribution in [0.3, 0.4) is 0 Å². The van der Waals surface area contributed by atoms with E-state index >= 15 is 0 Å². The van der Waals surface area contributed by atoms with E-state index in [9.17, 15) is 0 Å². The Morgan fingerprint density at radius 2 is 2.10 bits per heavy atom. The molecule has 112 valence electrons. The summed E-state index contributed by atoms with van der Waals surface area (Å²) in [6, 6.07) is 10.2. The number of nitrogens with one attached hydrogen (secondary N) is 1. The molecule has 0 saturated heterocycles. The van der Waals surface area contributed by atoms with Crippen LogP contribution in [-0.2, 0) is 0 Å². The molecule has 21 heavy (non-hydrogen) atoms. The van der Waals surface area contributed by atoms with Gasteiger partial charge in [0.1, 0.15) is 11.6 Å². The lowest BCUT2D eigenvalue weighted by atomic mass is 10.0. The van der Waals surface area contributed by atoms with Gasteiger partial charge in [-0.25, -0.2) is 9.97 Å². The summed E-state index contributed by atoms with van der Waals surface area (Å²) in [5.41, 5.74) is 2.15. The molecule has 0 aliphatic heterocycles. The van der Waals surface area contributed by atoms with Gasteiger partial charge in [-0.2, -0.15) is 0 Å². The molecule has 2 rings (SSSR count). The third-order valence-corrected chi connectivity index (χ3v) is 3.19. The fraction of sp³-hybridized carbons (Fsp3) is 0.412. The fourth-order valence-electron chi connectivity index (χ4n) is 2.27. The summed E-state index contributed by atoms with van der Waals surface area (Å²) in [5, 5.41) is 3.55. The Kier molecular flexibility index (Phi) is 5.69. The third kappa shape index (κ3) is 4.26. The molecule has 0 aliphatic carbocycles. The Labute approximate surface area is 126 Å². The molecule has 4 heteroatoms. The number of nitrogens with zero attached hydrogens (tertiary/aromatic N) is 2. The molecular weight excluding hydrogens is 262 g/mol. The summed E-state index contributed by atoms with van der Waals surface area (Å²) >= 11 is 0. The number of aromatic nitrogens is 2. The van der Waals surface area contributed by atoms with Crippen molar-refractivity contribution in [2.75, 3.05) is 13.2 Å². The minimum atomic E-state index is 0.0621. The maximum absolute atomic E-state index is 5.60. The van der Waals surface area contributed by atoms with E-state index < -0.39 is 0 Å². The number of benzene rings is 1.